The third-order valence-corrected chi connectivity index (χ3v) is 3.47. The third kappa shape index (κ3) is 9.68. The van der Waals surface area contributed by atoms with Crippen molar-refractivity contribution in [1.82, 2.24) is 0 Å². The summed E-state index contributed by atoms with van der Waals surface area (Å²) < 4.78 is 50.3. The smallest absolute Gasteiger partial charge is 0.294 e. The van der Waals surface area contributed by atoms with E-state index in [1.54, 1.807) is 19.1 Å². The van der Waals surface area contributed by atoms with Crippen molar-refractivity contribution in [2.75, 3.05) is 6.26 Å². The molecule has 0 aliphatic rings. The van der Waals surface area contributed by atoms with Crippen molar-refractivity contribution in [3.63, 3.8) is 0 Å². The lowest BCUT2D eigenvalue weighted by molar-refractivity contribution is 0.483. The van der Waals surface area contributed by atoms with Gasteiger partial charge >= 0.3 is 0 Å². The first-order valence-corrected chi connectivity index (χ1v) is 8.99. The maximum Gasteiger partial charge on any atom is 0.294 e. The first-order chi connectivity index (χ1) is 8.92. The lowest BCUT2D eigenvalue weighted by Crippen LogP contribution is -2.10. The first-order valence-electron chi connectivity index (χ1n) is 5.60. The van der Waals surface area contributed by atoms with E-state index in [9.17, 15) is 16.8 Å². The molecule has 8 heteroatoms. The molecule has 1 atom stereocenters. The molecule has 114 valence electrons. The molecule has 0 radical (unpaired) electrons. The molecule has 1 aromatic carbocycles. The highest BCUT2D eigenvalue weighted by Crippen LogP contribution is 2.08. The molecule has 20 heavy (non-hydrogen) atoms. The van der Waals surface area contributed by atoms with Crippen LogP contribution in [0.5, 0.6) is 0 Å². The van der Waals surface area contributed by atoms with E-state index in [1.807, 2.05) is 6.92 Å². The number of aryl methyl sites for hydroxylation is 1. The molecule has 0 spiro atoms. The molecular weight excluding hydrogens is 302 g/mol. The zero-order chi connectivity index (χ0) is 16.0. The van der Waals surface area contributed by atoms with E-state index < -0.39 is 20.0 Å². The molecule has 6 nitrogen and oxygen atoms in total. The van der Waals surface area contributed by atoms with Crippen LogP contribution in [0.25, 0.3) is 0 Å². The van der Waals surface area contributed by atoms with Gasteiger partial charge in [0, 0.05) is 17.7 Å². The Balaban J connectivity index is 0.000000370. The van der Waals surface area contributed by atoms with Crippen LogP contribution >= 0.6 is 0 Å². The zero-order valence-electron chi connectivity index (χ0n) is 11.5. The van der Waals surface area contributed by atoms with Crippen molar-refractivity contribution >= 4 is 20.0 Å². The van der Waals surface area contributed by atoms with Crippen molar-refractivity contribution in [3.8, 4) is 0 Å². The highest BCUT2D eigenvalue weighted by molar-refractivity contribution is 7.93. The van der Waals surface area contributed by atoms with E-state index in [-0.39, 0.29) is 10.9 Å². The van der Waals surface area contributed by atoms with Gasteiger partial charge in [-0.3, -0.25) is 4.55 Å². The van der Waals surface area contributed by atoms with Crippen molar-refractivity contribution in [1.29, 1.82) is 0 Å². The molecular formula is C12H19NO5S2. The van der Waals surface area contributed by atoms with Crippen LogP contribution in [0.4, 0.5) is 0 Å². The number of rotatable bonds is 3. The third-order valence-electron chi connectivity index (χ3n) is 1.95. The van der Waals surface area contributed by atoms with Gasteiger partial charge in [-0.1, -0.05) is 23.8 Å². The minimum atomic E-state index is -4.02. The summed E-state index contributed by atoms with van der Waals surface area (Å²) in [5, 5.41) is 1.11. The fourth-order valence-electron chi connectivity index (χ4n) is 0.977. The van der Waals surface area contributed by atoms with Gasteiger partial charge in [-0.25, -0.2) is 8.42 Å². The van der Waals surface area contributed by atoms with E-state index in [1.165, 1.54) is 18.2 Å². The summed E-state index contributed by atoms with van der Waals surface area (Å²) in [5.41, 5.74) is 6.20. The monoisotopic (exact) mass is 321 g/mol. The van der Waals surface area contributed by atoms with Crippen molar-refractivity contribution < 1.29 is 21.4 Å². The summed E-state index contributed by atoms with van der Waals surface area (Å²) in [6.07, 6.45) is 2.57. The predicted molar refractivity (Wildman–Crippen MR) is 78.6 cm³/mol. The van der Waals surface area contributed by atoms with Gasteiger partial charge in [0.2, 0.25) is 0 Å². The van der Waals surface area contributed by atoms with E-state index in [2.05, 4.69) is 0 Å². The van der Waals surface area contributed by atoms with Crippen LogP contribution in [0, 0.1) is 6.92 Å². The van der Waals surface area contributed by atoms with Crippen LogP contribution in [-0.4, -0.2) is 33.7 Å². The second-order valence-corrected chi connectivity index (χ2v) is 7.66. The van der Waals surface area contributed by atoms with Crippen molar-refractivity contribution in [2.45, 2.75) is 24.8 Å². The van der Waals surface area contributed by atoms with Gasteiger partial charge in [0.25, 0.3) is 10.1 Å². The summed E-state index contributed by atoms with van der Waals surface area (Å²) in [7, 11) is -7.00. The Hall–Kier alpha value is -1.22. The van der Waals surface area contributed by atoms with E-state index >= 15 is 0 Å². The predicted octanol–water partition coefficient (Wildman–Crippen LogP) is 1.13. The number of benzene rings is 1. The van der Waals surface area contributed by atoms with Gasteiger partial charge in [0.1, 0.15) is 0 Å². The summed E-state index contributed by atoms with van der Waals surface area (Å²) in [4.78, 5) is -0.0666. The van der Waals surface area contributed by atoms with Gasteiger partial charge in [-0.05, 0) is 26.0 Å². The highest BCUT2D eigenvalue weighted by atomic mass is 32.2. The van der Waals surface area contributed by atoms with Crippen LogP contribution in [0.15, 0.2) is 40.6 Å². The molecule has 0 saturated heterocycles. The molecule has 1 rings (SSSR count). The number of hydrogen-bond donors (Lipinski definition) is 2. The lowest BCUT2D eigenvalue weighted by atomic mass is 10.2. The van der Waals surface area contributed by atoms with Crippen LogP contribution in [0.1, 0.15) is 12.5 Å². The lowest BCUT2D eigenvalue weighted by Gasteiger charge is -1.95. The van der Waals surface area contributed by atoms with Gasteiger partial charge < -0.3 is 5.73 Å². The molecule has 1 aromatic rings. The fraction of sp³-hybridized carbons (Fsp3) is 0.333. The fourth-order valence-corrected chi connectivity index (χ4v) is 1.99. The van der Waals surface area contributed by atoms with Gasteiger partial charge in [-0.15, -0.1) is 0 Å². The molecule has 0 aliphatic heterocycles. The highest BCUT2D eigenvalue weighted by Gasteiger charge is 2.06. The number of sulfone groups is 1. The average Bonchev–Trinajstić information content (AvgIpc) is 2.26. The Morgan fingerprint density at radius 1 is 1.15 bits per heavy atom. The van der Waals surface area contributed by atoms with Crippen LogP contribution in [0.3, 0.4) is 0 Å². The zero-order valence-corrected chi connectivity index (χ0v) is 13.1. The second-order valence-electron chi connectivity index (χ2n) is 4.31. The van der Waals surface area contributed by atoms with Crippen LogP contribution < -0.4 is 5.73 Å². The molecule has 0 fully saturated rings. The Morgan fingerprint density at radius 3 is 1.85 bits per heavy atom. The van der Waals surface area contributed by atoms with Gasteiger partial charge in [-0.2, -0.15) is 8.42 Å². The van der Waals surface area contributed by atoms with Crippen LogP contribution in [-0.2, 0) is 20.0 Å². The maximum atomic E-state index is 10.5. The van der Waals surface area contributed by atoms with Crippen molar-refractivity contribution in [2.24, 2.45) is 5.73 Å². The summed E-state index contributed by atoms with van der Waals surface area (Å²) >= 11 is 0. The first kappa shape index (κ1) is 18.8. The minimum absolute atomic E-state index is 0.0666. The molecule has 0 aliphatic carbocycles. The Kier molecular flexibility index (Phi) is 7.07. The molecule has 0 aromatic heterocycles. The quantitative estimate of drug-likeness (QED) is 0.807. The molecule has 0 amide bonds. The van der Waals surface area contributed by atoms with E-state index in [4.69, 9.17) is 10.3 Å². The largest absolute Gasteiger partial charge is 0.325 e. The Labute approximate surface area is 120 Å². The Bertz CT molecular complexity index is 644. The Morgan fingerprint density at radius 2 is 1.60 bits per heavy atom. The molecule has 0 bridgehead atoms. The summed E-state index contributed by atoms with van der Waals surface area (Å²) in [6, 6.07) is 5.79. The maximum absolute atomic E-state index is 10.5. The summed E-state index contributed by atoms with van der Waals surface area (Å²) in [5.74, 6) is 0. The molecule has 0 unspecified atom stereocenters. The minimum Gasteiger partial charge on any atom is -0.325 e. The van der Waals surface area contributed by atoms with Crippen LogP contribution in [0.2, 0.25) is 0 Å². The SMILES string of the molecule is C[C@@H](N)C=CS(C)(=O)=O.Cc1ccc(S(=O)(=O)O)cc1. The summed E-state index contributed by atoms with van der Waals surface area (Å²) in [6.45, 7) is 3.55. The normalized spacial score (nSPS) is 13.7. The van der Waals surface area contributed by atoms with Gasteiger partial charge in [0.05, 0.1) is 4.90 Å². The van der Waals surface area contributed by atoms with Gasteiger partial charge in [0.15, 0.2) is 9.84 Å². The number of nitrogens with two attached hydrogens (primary N) is 1. The standard InChI is InChI=1S/C7H8O3S.C5H11NO2S/c1-6-2-4-7(5-3-6)11(8,9)10;1-5(6)3-4-9(2,7)8/h2-5H,1H3,(H,8,9,10);3-5H,6H2,1-2H3/t;5-/m.1/s1. The second kappa shape index (κ2) is 7.53. The molecule has 3 N–H and O–H groups in total. The topological polar surface area (TPSA) is 115 Å². The van der Waals surface area contributed by atoms with Crippen molar-refractivity contribution in [3.05, 3.63) is 41.3 Å². The molecule has 0 heterocycles. The molecule has 0 saturated carbocycles. The average molecular weight is 321 g/mol. The number of hydrogen-bond acceptors (Lipinski definition) is 5. The van der Waals surface area contributed by atoms with E-state index in [0.717, 1.165) is 17.2 Å². The van der Waals surface area contributed by atoms with E-state index in [0.29, 0.717) is 0 Å².